The molecule has 26 heavy (non-hydrogen) atoms. The Bertz CT molecular complexity index is 1050. The molecule has 0 unspecified atom stereocenters. The molecule has 2 N–H and O–H groups in total. The van der Waals surface area contributed by atoms with Gasteiger partial charge in [-0.05, 0) is 36.8 Å². The molecular formula is C18H16FN5OS. The largest absolute Gasteiger partial charge is 0.351 e. The van der Waals surface area contributed by atoms with Gasteiger partial charge in [0.25, 0.3) is 0 Å². The van der Waals surface area contributed by atoms with Gasteiger partial charge in [-0.15, -0.1) is 11.3 Å². The normalized spacial score (nSPS) is 11.3. The number of nitrogens with zero attached hydrogens (tertiary/aromatic N) is 4. The number of hydrogen-bond acceptors (Lipinski definition) is 5. The number of aromatic nitrogens is 4. The van der Waals surface area contributed by atoms with E-state index in [1.54, 1.807) is 19.3 Å². The van der Waals surface area contributed by atoms with Crippen LogP contribution in [0.5, 0.6) is 0 Å². The molecule has 0 saturated carbocycles. The summed E-state index contributed by atoms with van der Waals surface area (Å²) in [6.45, 7) is 1.78. The zero-order valence-electron chi connectivity index (χ0n) is 14.0. The van der Waals surface area contributed by atoms with Crippen LogP contribution in [-0.2, 0) is 6.54 Å². The van der Waals surface area contributed by atoms with Gasteiger partial charge in [0, 0.05) is 24.5 Å². The molecule has 132 valence electrons. The average Bonchev–Trinajstić information content (AvgIpc) is 3.22. The average molecular weight is 369 g/mol. The van der Waals surface area contributed by atoms with Crippen molar-refractivity contribution in [1.82, 2.24) is 19.3 Å². The van der Waals surface area contributed by atoms with E-state index < -0.39 is 0 Å². The van der Waals surface area contributed by atoms with Gasteiger partial charge >= 0.3 is 5.69 Å². The first-order valence-electron chi connectivity index (χ1n) is 7.79. The number of aryl methyl sites for hydroxylation is 1. The van der Waals surface area contributed by atoms with E-state index in [2.05, 4.69) is 21.9 Å². The van der Waals surface area contributed by atoms with E-state index in [4.69, 9.17) is 5.73 Å². The number of rotatable bonds is 4. The van der Waals surface area contributed by atoms with E-state index >= 15 is 0 Å². The second-order valence-electron chi connectivity index (χ2n) is 5.42. The number of thiophene rings is 1. The number of halogens is 1. The highest BCUT2D eigenvalue weighted by Crippen LogP contribution is 2.20. The molecule has 0 aliphatic heterocycles. The lowest BCUT2D eigenvalue weighted by atomic mass is 10.3. The van der Waals surface area contributed by atoms with Gasteiger partial charge in [0.15, 0.2) is 0 Å². The van der Waals surface area contributed by atoms with Gasteiger partial charge < -0.3 is 5.73 Å². The number of pyridine rings is 1. The van der Waals surface area contributed by atoms with Crippen LogP contribution in [0, 0.1) is 18.8 Å². The van der Waals surface area contributed by atoms with Crippen LogP contribution in [0.1, 0.15) is 16.3 Å². The summed E-state index contributed by atoms with van der Waals surface area (Å²) in [4.78, 5) is 17.4. The maximum atomic E-state index is 12.7. The van der Waals surface area contributed by atoms with Crippen molar-refractivity contribution < 1.29 is 4.39 Å². The lowest BCUT2D eigenvalue weighted by Gasteiger charge is -2.00. The Morgan fingerprint density at radius 2 is 2.23 bits per heavy atom. The summed E-state index contributed by atoms with van der Waals surface area (Å²) < 4.78 is 15.4. The molecule has 0 aromatic carbocycles. The first-order valence-corrected chi connectivity index (χ1v) is 8.61. The van der Waals surface area contributed by atoms with Gasteiger partial charge in [-0.25, -0.2) is 18.4 Å². The van der Waals surface area contributed by atoms with Gasteiger partial charge in [0.1, 0.15) is 10.8 Å². The molecule has 3 heterocycles. The zero-order valence-corrected chi connectivity index (χ0v) is 14.8. The molecule has 6 nitrogen and oxygen atoms in total. The molecule has 0 aliphatic carbocycles. The minimum Gasteiger partial charge on any atom is -0.327 e. The Kier molecular flexibility index (Phi) is 5.41. The first-order chi connectivity index (χ1) is 12.6. The molecule has 0 radical (unpaired) electrons. The summed E-state index contributed by atoms with van der Waals surface area (Å²) in [5.41, 5.74) is 6.22. The van der Waals surface area contributed by atoms with Gasteiger partial charge in [-0.2, -0.15) is 5.10 Å². The SMILES string of the molecule is Cc1nn(C/C(=C/F)CN)c(=O)n1-c1ccc(C#Cc2cccnc2)s1. The monoisotopic (exact) mass is 369 g/mol. The van der Waals surface area contributed by atoms with E-state index in [1.807, 2.05) is 24.3 Å². The lowest BCUT2D eigenvalue weighted by molar-refractivity contribution is 0.611. The Hall–Kier alpha value is -3.02. The molecule has 0 aliphatic rings. The molecule has 0 spiro atoms. The quantitative estimate of drug-likeness (QED) is 0.714. The highest BCUT2D eigenvalue weighted by atomic mass is 32.1. The van der Waals surface area contributed by atoms with Gasteiger partial charge in [0.05, 0.1) is 17.8 Å². The van der Waals surface area contributed by atoms with Crippen LogP contribution in [0.25, 0.3) is 5.00 Å². The third-order valence-electron chi connectivity index (χ3n) is 3.57. The Labute approximate surface area is 153 Å². The smallest absolute Gasteiger partial charge is 0.327 e. The summed E-state index contributed by atoms with van der Waals surface area (Å²) in [7, 11) is 0. The Morgan fingerprint density at radius 3 is 2.92 bits per heavy atom. The van der Waals surface area contributed by atoms with Crippen LogP contribution >= 0.6 is 11.3 Å². The van der Waals surface area contributed by atoms with Crippen LogP contribution in [0.3, 0.4) is 0 Å². The van der Waals surface area contributed by atoms with Crippen molar-refractivity contribution in [3.05, 3.63) is 75.3 Å². The predicted molar refractivity (Wildman–Crippen MR) is 98.9 cm³/mol. The molecule has 0 atom stereocenters. The molecule has 3 aromatic rings. The van der Waals surface area contributed by atoms with Crippen molar-refractivity contribution in [3.63, 3.8) is 0 Å². The standard InChI is InChI=1S/C18H16FN5OS/c1-13-22-23(12-15(9-19)10-20)18(25)24(13)17-7-6-16(26-17)5-4-14-3-2-8-21-11-14/h2-3,6-9,11H,10,12,20H2,1H3/b15-9+. The van der Waals surface area contributed by atoms with Crippen molar-refractivity contribution in [3.8, 4) is 16.8 Å². The third-order valence-corrected chi connectivity index (χ3v) is 4.56. The van der Waals surface area contributed by atoms with Gasteiger partial charge in [0.2, 0.25) is 0 Å². The summed E-state index contributed by atoms with van der Waals surface area (Å²) in [6.07, 6.45) is 3.79. The van der Waals surface area contributed by atoms with Crippen molar-refractivity contribution in [1.29, 1.82) is 0 Å². The number of nitrogens with two attached hydrogens (primary N) is 1. The van der Waals surface area contributed by atoms with Crippen LogP contribution < -0.4 is 11.4 Å². The maximum absolute atomic E-state index is 12.7. The van der Waals surface area contributed by atoms with E-state index in [-0.39, 0.29) is 18.8 Å². The van der Waals surface area contributed by atoms with Crippen LogP contribution in [0.4, 0.5) is 4.39 Å². The minimum absolute atomic E-state index is 0.0265. The van der Waals surface area contributed by atoms with Crippen LogP contribution in [-0.4, -0.2) is 25.9 Å². The third kappa shape index (κ3) is 3.79. The van der Waals surface area contributed by atoms with E-state index in [0.717, 1.165) is 10.4 Å². The zero-order chi connectivity index (χ0) is 18.5. The fraction of sp³-hybridized carbons (Fsp3) is 0.167. The summed E-state index contributed by atoms with van der Waals surface area (Å²) in [5.74, 6) is 6.60. The lowest BCUT2D eigenvalue weighted by Crippen LogP contribution is -2.25. The molecule has 0 saturated heterocycles. The maximum Gasteiger partial charge on any atom is 0.351 e. The molecule has 0 amide bonds. The Balaban J connectivity index is 1.89. The van der Waals surface area contributed by atoms with Crippen molar-refractivity contribution in [2.45, 2.75) is 13.5 Å². The molecule has 8 heteroatoms. The topological polar surface area (TPSA) is 78.7 Å². The molecule has 0 bridgehead atoms. The van der Waals surface area contributed by atoms with E-state index in [1.165, 1.54) is 20.6 Å². The summed E-state index contributed by atoms with van der Waals surface area (Å²) in [5, 5.41) is 4.89. The van der Waals surface area contributed by atoms with Gasteiger partial charge in [-0.3, -0.25) is 4.98 Å². The van der Waals surface area contributed by atoms with Crippen LogP contribution in [0.15, 0.2) is 53.4 Å². The predicted octanol–water partition coefficient (Wildman–Crippen LogP) is 2.01. The van der Waals surface area contributed by atoms with E-state index in [9.17, 15) is 9.18 Å². The second-order valence-corrected chi connectivity index (χ2v) is 6.49. The summed E-state index contributed by atoms with van der Waals surface area (Å²) in [6, 6.07) is 7.36. The molecular weight excluding hydrogens is 353 g/mol. The second kappa shape index (κ2) is 7.91. The molecule has 0 fully saturated rings. The summed E-state index contributed by atoms with van der Waals surface area (Å²) >= 11 is 1.38. The highest BCUT2D eigenvalue weighted by molar-refractivity contribution is 7.15. The first kappa shape index (κ1) is 17.8. The number of hydrogen-bond donors (Lipinski definition) is 1. The fourth-order valence-electron chi connectivity index (χ4n) is 2.29. The van der Waals surface area contributed by atoms with Gasteiger partial charge in [-0.1, -0.05) is 11.8 Å². The Morgan fingerprint density at radius 1 is 1.38 bits per heavy atom. The van der Waals surface area contributed by atoms with Crippen LogP contribution in [0.2, 0.25) is 0 Å². The molecule has 3 aromatic heterocycles. The van der Waals surface area contributed by atoms with Crippen molar-refractivity contribution in [2.24, 2.45) is 5.73 Å². The van der Waals surface area contributed by atoms with E-state index in [0.29, 0.717) is 22.7 Å². The highest BCUT2D eigenvalue weighted by Gasteiger charge is 2.14. The van der Waals surface area contributed by atoms with Crippen molar-refractivity contribution >= 4 is 11.3 Å². The minimum atomic E-state index is -0.344. The fourth-order valence-corrected chi connectivity index (χ4v) is 3.20. The van der Waals surface area contributed by atoms with Crippen molar-refractivity contribution in [2.75, 3.05) is 6.54 Å². The molecule has 3 rings (SSSR count).